The summed E-state index contributed by atoms with van der Waals surface area (Å²) in [4.78, 5) is 0. The zero-order chi connectivity index (χ0) is 14.1. The second-order valence-electron chi connectivity index (χ2n) is 4.96. The molecule has 0 aliphatic carbocycles. The van der Waals surface area contributed by atoms with E-state index in [9.17, 15) is 0 Å². The van der Waals surface area contributed by atoms with Crippen molar-refractivity contribution in [1.29, 1.82) is 0 Å². The van der Waals surface area contributed by atoms with E-state index in [1.54, 1.807) is 7.11 Å². The summed E-state index contributed by atoms with van der Waals surface area (Å²) in [5, 5.41) is 3.42. The minimum absolute atomic E-state index is 0.612. The van der Waals surface area contributed by atoms with Crippen molar-refractivity contribution < 1.29 is 9.47 Å². The molecule has 1 aromatic rings. The maximum Gasteiger partial charge on any atom is 0.119 e. The Hall–Kier alpha value is -0.580. The first-order valence-electron chi connectivity index (χ1n) is 6.74. The van der Waals surface area contributed by atoms with Crippen molar-refractivity contribution in [3.63, 3.8) is 0 Å². The van der Waals surface area contributed by atoms with E-state index in [1.807, 2.05) is 18.2 Å². The van der Waals surface area contributed by atoms with Crippen molar-refractivity contribution >= 4 is 15.9 Å². The Bertz CT molecular complexity index is 369. The fraction of sp³-hybridized carbons (Fsp3) is 0.600. The Balaban J connectivity index is 2.18. The normalized spacial score (nSPS) is 11.0. The predicted octanol–water partition coefficient (Wildman–Crippen LogP) is 3.61. The highest BCUT2D eigenvalue weighted by Crippen LogP contribution is 2.22. The SMILES string of the molecule is COc1ccc(Br)c(CNCCCOCC(C)C)c1. The van der Waals surface area contributed by atoms with Crippen LogP contribution >= 0.6 is 15.9 Å². The molecule has 0 aliphatic heterocycles. The fourth-order valence-electron chi connectivity index (χ4n) is 1.65. The third kappa shape index (κ3) is 6.95. The molecule has 0 aliphatic rings. The van der Waals surface area contributed by atoms with E-state index in [0.717, 1.165) is 42.9 Å². The molecule has 0 unspecified atom stereocenters. The predicted molar refractivity (Wildman–Crippen MR) is 82.7 cm³/mol. The Labute approximate surface area is 124 Å². The van der Waals surface area contributed by atoms with Crippen LogP contribution in [0.3, 0.4) is 0 Å². The Morgan fingerprint density at radius 2 is 2.11 bits per heavy atom. The van der Waals surface area contributed by atoms with Gasteiger partial charge in [0.15, 0.2) is 0 Å². The topological polar surface area (TPSA) is 30.5 Å². The largest absolute Gasteiger partial charge is 0.497 e. The molecule has 4 heteroatoms. The molecule has 0 spiro atoms. The maximum atomic E-state index is 5.54. The van der Waals surface area contributed by atoms with E-state index >= 15 is 0 Å². The molecular weight excluding hydrogens is 306 g/mol. The molecule has 0 aromatic heterocycles. The van der Waals surface area contributed by atoms with Gasteiger partial charge in [-0.25, -0.2) is 0 Å². The van der Waals surface area contributed by atoms with Gasteiger partial charge in [-0.3, -0.25) is 0 Å². The minimum Gasteiger partial charge on any atom is -0.497 e. The van der Waals surface area contributed by atoms with Gasteiger partial charge >= 0.3 is 0 Å². The first-order chi connectivity index (χ1) is 9.13. The summed E-state index contributed by atoms with van der Waals surface area (Å²) >= 11 is 3.55. The van der Waals surface area contributed by atoms with E-state index in [-0.39, 0.29) is 0 Å². The van der Waals surface area contributed by atoms with Gasteiger partial charge in [-0.1, -0.05) is 29.8 Å². The van der Waals surface area contributed by atoms with Gasteiger partial charge < -0.3 is 14.8 Å². The Kier molecular flexibility index (Phi) is 8.10. The highest BCUT2D eigenvalue weighted by molar-refractivity contribution is 9.10. The highest BCUT2D eigenvalue weighted by Gasteiger charge is 2.01. The zero-order valence-electron chi connectivity index (χ0n) is 12.0. The summed E-state index contributed by atoms with van der Waals surface area (Å²) in [5.41, 5.74) is 1.21. The number of benzene rings is 1. The van der Waals surface area contributed by atoms with Crippen LogP contribution in [0.15, 0.2) is 22.7 Å². The molecule has 0 atom stereocenters. The van der Waals surface area contributed by atoms with E-state index in [2.05, 4.69) is 35.1 Å². The molecule has 19 heavy (non-hydrogen) atoms. The molecular formula is C15H24BrNO2. The summed E-state index contributed by atoms with van der Waals surface area (Å²) in [6, 6.07) is 6.02. The van der Waals surface area contributed by atoms with E-state index in [0.29, 0.717) is 5.92 Å². The fourth-order valence-corrected chi connectivity index (χ4v) is 2.04. The lowest BCUT2D eigenvalue weighted by molar-refractivity contribution is 0.108. The van der Waals surface area contributed by atoms with Crippen LogP contribution in [0.4, 0.5) is 0 Å². The Morgan fingerprint density at radius 3 is 2.79 bits per heavy atom. The van der Waals surface area contributed by atoms with E-state index in [4.69, 9.17) is 9.47 Å². The zero-order valence-corrected chi connectivity index (χ0v) is 13.6. The summed E-state index contributed by atoms with van der Waals surface area (Å²) in [6.45, 7) is 7.80. The van der Waals surface area contributed by atoms with Gasteiger partial charge in [0.05, 0.1) is 7.11 Å². The van der Waals surface area contributed by atoms with Gasteiger partial charge in [0.25, 0.3) is 0 Å². The standard InChI is InChI=1S/C15H24BrNO2/c1-12(2)11-19-8-4-7-17-10-13-9-14(18-3)5-6-15(13)16/h5-6,9,12,17H,4,7-8,10-11H2,1-3H3. The number of nitrogens with one attached hydrogen (secondary N) is 1. The summed E-state index contributed by atoms with van der Waals surface area (Å²) in [5.74, 6) is 1.50. The number of hydrogen-bond donors (Lipinski definition) is 1. The van der Waals surface area contributed by atoms with Crippen LogP contribution in [0.5, 0.6) is 5.75 Å². The number of methoxy groups -OCH3 is 1. The third-order valence-corrected chi connectivity index (χ3v) is 3.44. The van der Waals surface area contributed by atoms with Crippen molar-refractivity contribution in [2.24, 2.45) is 5.92 Å². The van der Waals surface area contributed by atoms with Crippen molar-refractivity contribution in [2.75, 3.05) is 26.9 Å². The van der Waals surface area contributed by atoms with Crippen LogP contribution in [-0.4, -0.2) is 26.9 Å². The average Bonchev–Trinajstić information content (AvgIpc) is 2.39. The molecule has 1 aromatic carbocycles. The van der Waals surface area contributed by atoms with Gasteiger partial charge in [-0.2, -0.15) is 0 Å². The first-order valence-corrected chi connectivity index (χ1v) is 7.53. The second-order valence-corrected chi connectivity index (χ2v) is 5.81. The van der Waals surface area contributed by atoms with Crippen LogP contribution in [-0.2, 0) is 11.3 Å². The maximum absolute atomic E-state index is 5.54. The lowest BCUT2D eigenvalue weighted by Gasteiger charge is -2.10. The smallest absolute Gasteiger partial charge is 0.119 e. The highest BCUT2D eigenvalue weighted by atomic mass is 79.9. The van der Waals surface area contributed by atoms with Gasteiger partial charge in [0.1, 0.15) is 5.75 Å². The van der Waals surface area contributed by atoms with E-state index < -0.39 is 0 Å². The van der Waals surface area contributed by atoms with Gasteiger partial charge in [0, 0.05) is 24.2 Å². The van der Waals surface area contributed by atoms with Crippen LogP contribution in [0.25, 0.3) is 0 Å². The number of hydrogen-bond acceptors (Lipinski definition) is 3. The first kappa shape index (κ1) is 16.5. The molecule has 0 radical (unpaired) electrons. The molecule has 0 saturated carbocycles. The molecule has 1 rings (SSSR count). The van der Waals surface area contributed by atoms with Crippen molar-refractivity contribution in [3.8, 4) is 5.75 Å². The molecule has 0 bridgehead atoms. The molecule has 3 nitrogen and oxygen atoms in total. The quantitative estimate of drug-likeness (QED) is 0.702. The summed E-state index contributed by atoms with van der Waals surface area (Å²) in [6.07, 6.45) is 1.04. The second kappa shape index (κ2) is 9.34. The lowest BCUT2D eigenvalue weighted by Crippen LogP contribution is -2.17. The van der Waals surface area contributed by atoms with Crippen LogP contribution in [0.1, 0.15) is 25.8 Å². The monoisotopic (exact) mass is 329 g/mol. The van der Waals surface area contributed by atoms with E-state index in [1.165, 1.54) is 5.56 Å². The summed E-state index contributed by atoms with van der Waals surface area (Å²) in [7, 11) is 1.69. The van der Waals surface area contributed by atoms with Gasteiger partial charge in [0.2, 0.25) is 0 Å². The molecule has 1 N–H and O–H groups in total. The molecule has 0 saturated heterocycles. The van der Waals surface area contributed by atoms with Crippen molar-refractivity contribution in [1.82, 2.24) is 5.32 Å². The van der Waals surface area contributed by atoms with Crippen molar-refractivity contribution in [3.05, 3.63) is 28.2 Å². The van der Waals surface area contributed by atoms with Gasteiger partial charge in [-0.05, 0) is 42.6 Å². The number of rotatable bonds is 9. The van der Waals surface area contributed by atoms with Crippen LogP contribution < -0.4 is 10.1 Å². The summed E-state index contributed by atoms with van der Waals surface area (Å²) < 4.78 is 11.9. The van der Waals surface area contributed by atoms with Crippen LogP contribution in [0, 0.1) is 5.92 Å². The van der Waals surface area contributed by atoms with Crippen molar-refractivity contribution in [2.45, 2.75) is 26.8 Å². The van der Waals surface area contributed by atoms with Gasteiger partial charge in [-0.15, -0.1) is 0 Å². The Morgan fingerprint density at radius 1 is 1.32 bits per heavy atom. The number of ether oxygens (including phenoxy) is 2. The molecule has 0 amide bonds. The molecule has 0 heterocycles. The average molecular weight is 330 g/mol. The third-order valence-electron chi connectivity index (χ3n) is 2.66. The minimum atomic E-state index is 0.612. The number of halogens is 1. The lowest BCUT2D eigenvalue weighted by atomic mass is 10.2. The molecule has 0 fully saturated rings. The van der Waals surface area contributed by atoms with Crippen LogP contribution in [0.2, 0.25) is 0 Å². The molecule has 108 valence electrons.